The largest absolute Gasteiger partial charge is 0.353 e. The number of nitrogens with zero attached hydrogens (tertiary/aromatic N) is 4. The first-order valence-electron chi connectivity index (χ1n) is 11.3. The molecule has 0 radical (unpaired) electrons. The Bertz CT molecular complexity index is 1600. The van der Waals surface area contributed by atoms with Gasteiger partial charge in [0, 0.05) is 53.2 Å². The summed E-state index contributed by atoms with van der Waals surface area (Å²) in [7, 11) is 0. The van der Waals surface area contributed by atoms with Gasteiger partial charge < -0.3 is 10.3 Å². The normalized spacial score (nSPS) is 11.4. The summed E-state index contributed by atoms with van der Waals surface area (Å²) >= 11 is 0. The lowest BCUT2D eigenvalue weighted by molar-refractivity contribution is 0.724. The molecular weight excluding hydrogens is 422 g/mol. The molecular formula is C27H23N7. The molecule has 6 rings (SSSR count). The van der Waals surface area contributed by atoms with Crippen LogP contribution in [-0.4, -0.2) is 36.7 Å². The van der Waals surface area contributed by atoms with Gasteiger partial charge in [0.05, 0.1) is 23.1 Å². The van der Waals surface area contributed by atoms with E-state index in [9.17, 15) is 0 Å². The Balaban J connectivity index is 1.44. The SMILES string of the molecule is CCNCc1cncc(-c2cc3c(-c4cc5c(-c6ccncc6)cccc5[nH]4)n[nH]c3cn2)c1. The molecule has 0 saturated carbocycles. The first kappa shape index (κ1) is 20.3. The maximum Gasteiger partial charge on any atom is 0.116 e. The molecule has 7 nitrogen and oxygen atoms in total. The summed E-state index contributed by atoms with van der Waals surface area (Å²) in [4.78, 5) is 16.8. The average Bonchev–Trinajstić information content (AvgIpc) is 3.51. The summed E-state index contributed by atoms with van der Waals surface area (Å²) in [5.74, 6) is 0. The molecule has 5 aromatic heterocycles. The van der Waals surface area contributed by atoms with Gasteiger partial charge in [-0.25, -0.2) is 0 Å². The molecule has 0 fully saturated rings. The molecule has 34 heavy (non-hydrogen) atoms. The number of rotatable bonds is 6. The van der Waals surface area contributed by atoms with Crippen LogP contribution in [0.5, 0.6) is 0 Å². The van der Waals surface area contributed by atoms with Gasteiger partial charge in [-0.1, -0.05) is 19.1 Å². The molecule has 0 amide bonds. The highest BCUT2D eigenvalue weighted by molar-refractivity contribution is 6.01. The quantitative estimate of drug-likeness (QED) is 0.322. The van der Waals surface area contributed by atoms with Crippen LogP contribution in [0.1, 0.15) is 12.5 Å². The molecule has 166 valence electrons. The van der Waals surface area contributed by atoms with Crippen molar-refractivity contribution in [3.8, 4) is 33.8 Å². The van der Waals surface area contributed by atoms with Crippen LogP contribution in [0, 0.1) is 0 Å². The first-order chi connectivity index (χ1) is 16.8. The monoisotopic (exact) mass is 445 g/mol. The van der Waals surface area contributed by atoms with Crippen molar-refractivity contribution in [1.29, 1.82) is 0 Å². The van der Waals surface area contributed by atoms with Crippen molar-refractivity contribution in [3.63, 3.8) is 0 Å². The predicted molar refractivity (Wildman–Crippen MR) is 135 cm³/mol. The van der Waals surface area contributed by atoms with E-state index in [2.05, 4.69) is 78.8 Å². The molecule has 0 unspecified atom stereocenters. The van der Waals surface area contributed by atoms with Gasteiger partial charge in [0.1, 0.15) is 5.69 Å². The van der Waals surface area contributed by atoms with Gasteiger partial charge in [0.2, 0.25) is 0 Å². The molecule has 0 atom stereocenters. The fourth-order valence-corrected chi connectivity index (χ4v) is 4.34. The van der Waals surface area contributed by atoms with Gasteiger partial charge in [-0.2, -0.15) is 5.10 Å². The highest BCUT2D eigenvalue weighted by atomic mass is 15.1. The number of H-pyrrole nitrogens is 2. The Kier molecular flexibility index (Phi) is 5.08. The van der Waals surface area contributed by atoms with Crippen molar-refractivity contribution in [3.05, 3.63) is 85.1 Å². The lowest BCUT2D eigenvalue weighted by atomic mass is 10.0. The zero-order valence-corrected chi connectivity index (χ0v) is 18.7. The maximum absolute atomic E-state index is 4.65. The van der Waals surface area contributed by atoms with Crippen molar-refractivity contribution >= 4 is 21.8 Å². The highest BCUT2D eigenvalue weighted by Gasteiger charge is 2.15. The second-order valence-corrected chi connectivity index (χ2v) is 8.24. The summed E-state index contributed by atoms with van der Waals surface area (Å²) in [5.41, 5.74) is 9.07. The number of fused-ring (bicyclic) bond motifs is 2. The number of benzene rings is 1. The smallest absolute Gasteiger partial charge is 0.116 e. The molecule has 5 heterocycles. The summed E-state index contributed by atoms with van der Waals surface area (Å²) in [6.07, 6.45) is 9.22. The Labute approximate surface area is 196 Å². The number of pyridine rings is 3. The fraction of sp³-hybridized carbons (Fsp3) is 0.111. The molecule has 0 aliphatic rings. The van der Waals surface area contributed by atoms with Gasteiger partial charge in [0.25, 0.3) is 0 Å². The van der Waals surface area contributed by atoms with Crippen molar-refractivity contribution in [2.45, 2.75) is 13.5 Å². The Morgan fingerprint density at radius 3 is 2.65 bits per heavy atom. The number of hydrogen-bond acceptors (Lipinski definition) is 5. The fourth-order valence-electron chi connectivity index (χ4n) is 4.34. The van der Waals surface area contributed by atoms with Crippen molar-refractivity contribution < 1.29 is 0 Å². The Morgan fingerprint density at radius 1 is 0.853 bits per heavy atom. The molecule has 0 spiro atoms. The van der Waals surface area contributed by atoms with E-state index in [1.165, 1.54) is 0 Å². The zero-order valence-electron chi connectivity index (χ0n) is 18.7. The van der Waals surface area contributed by atoms with Gasteiger partial charge in [-0.15, -0.1) is 0 Å². The molecule has 3 N–H and O–H groups in total. The van der Waals surface area contributed by atoms with Gasteiger partial charge >= 0.3 is 0 Å². The molecule has 0 bridgehead atoms. The van der Waals surface area contributed by atoms with E-state index in [0.717, 1.165) is 74.2 Å². The molecule has 1 aromatic carbocycles. The topological polar surface area (TPSA) is 95.2 Å². The Hall–Kier alpha value is -4.36. The van der Waals surface area contributed by atoms with E-state index < -0.39 is 0 Å². The van der Waals surface area contributed by atoms with E-state index in [1.54, 1.807) is 0 Å². The highest BCUT2D eigenvalue weighted by Crippen LogP contribution is 2.34. The zero-order chi connectivity index (χ0) is 22.9. The minimum Gasteiger partial charge on any atom is -0.353 e. The van der Waals surface area contributed by atoms with E-state index in [-0.39, 0.29) is 0 Å². The van der Waals surface area contributed by atoms with Crippen LogP contribution >= 0.6 is 0 Å². The van der Waals surface area contributed by atoms with Crippen LogP contribution in [0.25, 0.3) is 55.6 Å². The van der Waals surface area contributed by atoms with Crippen LogP contribution < -0.4 is 5.32 Å². The lowest BCUT2D eigenvalue weighted by Gasteiger charge is -2.05. The van der Waals surface area contributed by atoms with Crippen molar-refractivity contribution in [1.82, 2.24) is 35.5 Å². The Morgan fingerprint density at radius 2 is 1.76 bits per heavy atom. The van der Waals surface area contributed by atoms with E-state index in [0.29, 0.717) is 0 Å². The summed E-state index contributed by atoms with van der Waals surface area (Å²) in [6.45, 7) is 3.79. The average molecular weight is 446 g/mol. The molecule has 0 saturated heterocycles. The van der Waals surface area contributed by atoms with E-state index >= 15 is 0 Å². The van der Waals surface area contributed by atoms with Gasteiger partial charge in [-0.05, 0) is 59.6 Å². The third kappa shape index (κ3) is 3.62. The first-order valence-corrected chi connectivity index (χ1v) is 11.3. The molecule has 7 heteroatoms. The van der Waals surface area contributed by atoms with Crippen LogP contribution in [0.3, 0.4) is 0 Å². The van der Waals surface area contributed by atoms with Crippen LogP contribution in [0.15, 0.2) is 79.5 Å². The van der Waals surface area contributed by atoms with Crippen LogP contribution in [0.2, 0.25) is 0 Å². The lowest BCUT2D eigenvalue weighted by Crippen LogP contribution is -2.11. The van der Waals surface area contributed by atoms with E-state index in [1.807, 2.05) is 43.1 Å². The molecule has 6 aromatic rings. The summed E-state index contributed by atoms with van der Waals surface area (Å²) < 4.78 is 0. The number of hydrogen-bond donors (Lipinski definition) is 3. The van der Waals surface area contributed by atoms with Crippen molar-refractivity contribution in [2.24, 2.45) is 0 Å². The minimum atomic E-state index is 0.783. The number of nitrogens with one attached hydrogen (secondary N) is 3. The number of aromatic amines is 2. The minimum absolute atomic E-state index is 0.783. The van der Waals surface area contributed by atoms with Gasteiger partial charge in [-0.3, -0.25) is 20.1 Å². The van der Waals surface area contributed by atoms with Crippen molar-refractivity contribution in [2.75, 3.05) is 6.54 Å². The van der Waals surface area contributed by atoms with Crippen LogP contribution in [0.4, 0.5) is 0 Å². The molecule has 0 aliphatic heterocycles. The third-order valence-electron chi connectivity index (χ3n) is 6.03. The summed E-state index contributed by atoms with van der Waals surface area (Å²) in [5, 5.41) is 13.3. The second kappa shape index (κ2) is 8.53. The van der Waals surface area contributed by atoms with Gasteiger partial charge in [0.15, 0.2) is 0 Å². The summed E-state index contributed by atoms with van der Waals surface area (Å²) in [6, 6.07) is 16.7. The third-order valence-corrected chi connectivity index (χ3v) is 6.03. The van der Waals surface area contributed by atoms with E-state index in [4.69, 9.17) is 0 Å². The van der Waals surface area contributed by atoms with Crippen LogP contribution in [-0.2, 0) is 6.54 Å². The predicted octanol–water partition coefficient (Wildman–Crippen LogP) is 5.34. The second-order valence-electron chi connectivity index (χ2n) is 8.24. The maximum atomic E-state index is 4.65. The standard InChI is InChI=1S/C27H23N7/c1-2-28-13-17-10-19(15-30-14-17)24-12-22-26(16-31-24)33-34-27(22)25-11-21-20(4-3-5-23(21)32-25)18-6-8-29-9-7-18/h3-12,14-16,28,32H,2,13H2,1H3,(H,33,34). The molecule has 0 aliphatic carbocycles. The number of aromatic nitrogens is 6.